The molecule has 0 saturated heterocycles. The topological polar surface area (TPSA) is 12.9 Å². The lowest BCUT2D eigenvalue weighted by molar-refractivity contribution is 1.13. The van der Waals surface area contributed by atoms with Crippen LogP contribution in [-0.2, 0) is 0 Å². The second kappa shape index (κ2) is 3.41. The van der Waals surface area contributed by atoms with Gasteiger partial charge in [0.05, 0.1) is 5.03 Å². The number of nitrogens with zero attached hydrogens (tertiary/aromatic N) is 1. The third kappa shape index (κ3) is 2.14. The molecule has 0 aliphatic heterocycles. The van der Waals surface area contributed by atoms with E-state index in [1.54, 1.807) is 11.8 Å². The first-order chi connectivity index (χ1) is 4.33. The maximum absolute atomic E-state index is 4.15. The maximum atomic E-state index is 4.15. The van der Waals surface area contributed by atoms with E-state index >= 15 is 0 Å². The maximum Gasteiger partial charge on any atom is 0.0957 e. The first kappa shape index (κ1) is 7.34. The summed E-state index contributed by atoms with van der Waals surface area (Å²) in [4.78, 5) is 4.15. The van der Waals surface area contributed by atoms with Crippen molar-refractivity contribution in [1.29, 1.82) is 0 Å². The molecule has 0 aromatic carbocycles. The predicted molar refractivity (Wildman–Crippen MR) is 48.7 cm³/mol. The van der Waals surface area contributed by atoms with Crippen molar-refractivity contribution >= 4 is 34.4 Å². The summed E-state index contributed by atoms with van der Waals surface area (Å²) in [5.74, 6) is 0. The quantitative estimate of drug-likeness (QED) is 0.561. The monoisotopic (exact) mass is 251 g/mol. The molecule has 0 amide bonds. The summed E-state index contributed by atoms with van der Waals surface area (Å²) in [7, 11) is 0. The van der Waals surface area contributed by atoms with E-state index < -0.39 is 0 Å². The normalized spacial score (nSPS) is 9.56. The molecular formula is C6H6INS. The van der Waals surface area contributed by atoms with Gasteiger partial charge in [0.15, 0.2) is 0 Å². The van der Waals surface area contributed by atoms with Gasteiger partial charge in [-0.2, -0.15) is 0 Å². The standard InChI is InChI=1S/C6H6INS/c1-9-6-3-2-5(7)4-8-6/h2-4H,1H3. The first-order valence-electron chi connectivity index (χ1n) is 2.48. The predicted octanol–water partition coefficient (Wildman–Crippen LogP) is 2.41. The third-order valence-corrected chi connectivity index (χ3v) is 2.21. The number of aromatic nitrogens is 1. The van der Waals surface area contributed by atoms with E-state index in [2.05, 4.69) is 33.6 Å². The summed E-state index contributed by atoms with van der Waals surface area (Å²) in [5, 5.41) is 1.08. The Balaban J connectivity index is 2.88. The van der Waals surface area contributed by atoms with Crippen LogP contribution in [0.2, 0.25) is 0 Å². The first-order valence-corrected chi connectivity index (χ1v) is 4.79. The Hall–Kier alpha value is 0.230. The molecule has 0 radical (unpaired) electrons. The van der Waals surface area contributed by atoms with E-state index in [0.717, 1.165) is 5.03 Å². The second-order valence-electron chi connectivity index (χ2n) is 1.52. The fraction of sp³-hybridized carbons (Fsp3) is 0.167. The highest BCUT2D eigenvalue weighted by molar-refractivity contribution is 14.1. The summed E-state index contributed by atoms with van der Waals surface area (Å²) in [6.45, 7) is 0. The highest BCUT2D eigenvalue weighted by Gasteiger charge is 1.88. The van der Waals surface area contributed by atoms with Crippen molar-refractivity contribution in [3.05, 3.63) is 21.9 Å². The van der Waals surface area contributed by atoms with Crippen LogP contribution in [0.1, 0.15) is 0 Å². The molecule has 0 aliphatic rings. The van der Waals surface area contributed by atoms with Crippen molar-refractivity contribution in [3.8, 4) is 0 Å². The highest BCUT2D eigenvalue weighted by atomic mass is 127. The highest BCUT2D eigenvalue weighted by Crippen LogP contribution is 2.11. The smallest absolute Gasteiger partial charge is 0.0957 e. The van der Waals surface area contributed by atoms with Gasteiger partial charge in [-0.15, -0.1) is 11.8 Å². The van der Waals surface area contributed by atoms with E-state index in [0.29, 0.717) is 0 Å². The van der Waals surface area contributed by atoms with E-state index in [-0.39, 0.29) is 0 Å². The van der Waals surface area contributed by atoms with E-state index in [4.69, 9.17) is 0 Å². The van der Waals surface area contributed by atoms with Gasteiger partial charge in [0.1, 0.15) is 0 Å². The Kier molecular flexibility index (Phi) is 2.78. The molecule has 1 aromatic heterocycles. The van der Waals surface area contributed by atoms with Crippen LogP contribution < -0.4 is 0 Å². The van der Waals surface area contributed by atoms with Crippen molar-refractivity contribution < 1.29 is 0 Å². The molecule has 1 nitrogen and oxygen atoms in total. The molecule has 0 N–H and O–H groups in total. The zero-order valence-electron chi connectivity index (χ0n) is 4.97. The van der Waals surface area contributed by atoms with Crippen LogP contribution in [0, 0.1) is 3.57 Å². The minimum atomic E-state index is 1.08. The molecule has 1 aromatic rings. The van der Waals surface area contributed by atoms with Gasteiger partial charge in [0.2, 0.25) is 0 Å². The van der Waals surface area contributed by atoms with Crippen molar-refractivity contribution in [2.24, 2.45) is 0 Å². The summed E-state index contributed by atoms with van der Waals surface area (Å²) >= 11 is 3.90. The van der Waals surface area contributed by atoms with Crippen molar-refractivity contribution in [3.63, 3.8) is 0 Å². The summed E-state index contributed by atoms with van der Waals surface area (Å²) in [6.07, 6.45) is 3.89. The minimum absolute atomic E-state index is 1.08. The van der Waals surface area contributed by atoms with Crippen LogP contribution in [-0.4, -0.2) is 11.2 Å². The molecule has 3 heteroatoms. The van der Waals surface area contributed by atoms with Crippen LogP contribution in [0.3, 0.4) is 0 Å². The molecule has 0 fully saturated rings. The minimum Gasteiger partial charge on any atom is -0.249 e. The molecule has 0 unspecified atom stereocenters. The fourth-order valence-electron chi connectivity index (χ4n) is 0.483. The van der Waals surface area contributed by atoms with Gasteiger partial charge in [-0.05, 0) is 41.0 Å². The Morgan fingerprint density at radius 3 is 2.78 bits per heavy atom. The second-order valence-corrected chi connectivity index (χ2v) is 3.59. The number of halogens is 1. The SMILES string of the molecule is CSc1ccc(I)cn1. The Morgan fingerprint density at radius 1 is 1.56 bits per heavy atom. The lowest BCUT2D eigenvalue weighted by atomic mass is 10.5. The molecule has 48 valence electrons. The van der Waals surface area contributed by atoms with E-state index in [1.165, 1.54) is 3.57 Å². The van der Waals surface area contributed by atoms with Crippen LogP contribution in [0.5, 0.6) is 0 Å². The molecule has 0 spiro atoms. The van der Waals surface area contributed by atoms with Gasteiger partial charge < -0.3 is 0 Å². The van der Waals surface area contributed by atoms with Gasteiger partial charge in [0, 0.05) is 9.77 Å². The average molecular weight is 251 g/mol. The summed E-state index contributed by atoms with van der Waals surface area (Å²) in [6, 6.07) is 4.08. The Bertz CT molecular complexity index is 185. The average Bonchev–Trinajstić information content (AvgIpc) is 1.90. The number of thioether (sulfide) groups is 1. The third-order valence-electron chi connectivity index (χ3n) is 0.909. The zero-order valence-corrected chi connectivity index (χ0v) is 7.94. The van der Waals surface area contributed by atoms with E-state index in [9.17, 15) is 0 Å². The molecule has 1 rings (SSSR count). The van der Waals surface area contributed by atoms with Crippen molar-refractivity contribution in [1.82, 2.24) is 4.98 Å². The van der Waals surface area contributed by atoms with Gasteiger partial charge in [0.25, 0.3) is 0 Å². The van der Waals surface area contributed by atoms with E-state index in [1.807, 2.05) is 18.5 Å². The Morgan fingerprint density at radius 2 is 2.33 bits per heavy atom. The number of hydrogen-bond acceptors (Lipinski definition) is 2. The van der Waals surface area contributed by atoms with Crippen LogP contribution in [0.25, 0.3) is 0 Å². The van der Waals surface area contributed by atoms with Crippen LogP contribution >= 0.6 is 34.4 Å². The molecule has 9 heavy (non-hydrogen) atoms. The van der Waals surface area contributed by atoms with Gasteiger partial charge >= 0.3 is 0 Å². The zero-order chi connectivity index (χ0) is 6.69. The lowest BCUT2D eigenvalue weighted by Gasteiger charge is -1.91. The summed E-state index contributed by atoms with van der Waals surface area (Å²) in [5.41, 5.74) is 0. The van der Waals surface area contributed by atoms with Crippen LogP contribution in [0.4, 0.5) is 0 Å². The number of pyridine rings is 1. The molecular weight excluding hydrogens is 245 g/mol. The number of rotatable bonds is 1. The molecule has 1 heterocycles. The van der Waals surface area contributed by atoms with Crippen molar-refractivity contribution in [2.75, 3.05) is 6.26 Å². The molecule has 0 atom stereocenters. The molecule has 0 saturated carbocycles. The number of hydrogen-bond donors (Lipinski definition) is 0. The fourth-order valence-corrected chi connectivity index (χ4v) is 1.16. The van der Waals surface area contributed by atoms with Crippen molar-refractivity contribution in [2.45, 2.75) is 5.03 Å². The van der Waals surface area contributed by atoms with Gasteiger partial charge in [-0.3, -0.25) is 0 Å². The van der Waals surface area contributed by atoms with Gasteiger partial charge in [-0.25, -0.2) is 4.98 Å². The van der Waals surface area contributed by atoms with Gasteiger partial charge in [-0.1, -0.05) is 0 Å². The summed E-state index contributed by atoms with van der Waals surface area (Å²) < 4.78 is 1.19. The Labute approximate surface area is 72.4 Å². The molecule has 0 aliphatic carbocycles. The largest absolute Gasteiger partial charge is 0.249 e. The lowest BCUT2D eigenvalue weighted by Crippen LogP contribution is -1.77. The van der Waals surface area contributed by atoms with Crippen LogP contribution in [0.15, 0.2) is 23.4 Å². The molecule has 0 bridgehead atoms.